The molecule has 0 atom stereocenters. The van der Waals surface area contributed by atoms with Gasteiger partial charge >= 0.3 is 0 Å². The van der Waals surface area contributed by atoms with Crippen molar-refractivity contribution in [2.45, 2.75) is 71.1 Å². The zero-order valence-electron chi connectivity index (χ0n) is 14.9. The van der Waals surface area contributed by atoms with Crippen LogP contribution in [0.4, 0.5) is 23.2 Å². The Bertz CT molecular complexity index is 466. The van der Waals surface area contributed by atoms with E-state index in [1.807, 2.05) is 36.1 Å². The molecule has 0 bridgehead atoms. The van der Waals surface area contributed by atoms with Crippen molar-refractivity contribution in [3.05, 3.63) is 29.8 Å². The maximum atomic E-state index is 13.4. The summed E-state index contributed by atoms with van der Waals surface area (Å²) in [6, 6.07) is 7.73. The Hall–Kier alpha value is -1.26. The number of nitrogens with zero attached hydrogens (tertiary/aromatic N) is 1. The molecule has 0 saturated heterocycles. The van der Waals surface area contributed by atoms with E-state index < -0.39 is 11.8 Å². The first-order valence-electron chi connectivity index (χ1n) is 8.76. The van der Waals surface area contributed by atoms with Crippen molar-refractivity contribution in [2.75, 3.05) is 18.0 Å². The highest BCUT2D eigenvalue weighted by Crippen LogP contribution is 2.27. The molecule has 0 aromatic heterocycles. The number of alkyl halides is 4. The topological polar surface area (TPSA) is 3.24 Å². The van der Waals surface area contributed by atoms with Crippen molar-refractivity contribution >= 4 is 5.69 Å². The van der Waals surface area contributed by atoms with Crippen LogP contribution in [0.2, 0.25) is 0 Å². The zero-order valence-corrected chi connectivity index (χ0v) is 14.9. The molecule has 0 fully saturated rings. The summed E-state index contributed by atoms with van der Waals surface area (Å²) in [7, 11) is 0. The SMILES string of the molecule is CCC(F)(F)CCCN(CCCC(F)(F)CC)c1cccc(C)c1. The summed E-state index contributed by atoms with van der Waals surface area (Å²) in [5.74, 6) is -5.29. The first-order chi connectivity index (χ1) is 11.2. The summed E-state index contributed by atoms with van der Waals surface area (Å²) in [5, 5.41) is 0. The summed E-state index contributed by atoms with van der Waals surface area (Å²) < 4.78 is 53.6. The van der Waals surface area contributed by atoms with E-state index in [2.05, 4.69) is 0 Å². The van der Waals surface area contributed by atoms with Gasteiger partial charge < -0.3 is 4.90 Å². The predicted octanol–water partition coefficient (Wildman–Crippen LogP) is 6.45. The number of benzene rings is 1. The number of hydrogen-bond donors (Lipinski definition) is 0. The molecule has 0 aliphatic heterocycles. The Morgan fingerprint density at radius 1 is 0.875 bits per heavy atom. The molecule has 0 unspecified atom stereocenters. The fraction of sp³-hybridized carbons (Fsp3) is 0.684. The molecule has 0 saturated carbocycles. The molecule has 1 nitrogen and oxygen atoms in total. The van der Waals surface area contributed by atoms with Crippen molar-refractivity contribution in [1.82, 2.24) is 0 Å². The third-order valence-electron chi connectivity index (χ3n) is 4.34. The highest BCUT2D eigenvalue weighted by molar-refractivity contribution is 5.48. The summed E-state index contributed by atoms with van der Waals surface area (Å²) in [6.07, 6.45) is 0.0200. The maximum Gasteiger partial charge on any atom is 0.248 e. The average molecular weight is 347 g/mol. The Morgan fingerprint density at radius 3 is 1.79 bits per heavy atom. The van der Waals surface area contributed by atoms with E-state index in [4.69, 9.17) is 0 Å². The third kappa shape index (κ3) is 7.54. The van der Waals surface area contributed by atoms with Gasteiger partial charge in [0.25, 0.3) is 0 Å². The normalized spacial score (nSPS) is 12.5. The van der Waals surface area contributed by atoms with E-state index >= 15 is 0 Å². The highest BCUT2D eigenvalue weighted by atomic mass is 19.3. The minimum atomic E-state index is -2.65. The molecule has 0 aliphatic carbocycles. The summed E-state index contributed by atoms with van der Waals surface area (Å²) in [6.45, 7) is 5.82. The van der Waals surface area contributed by atoms with E-state index in [0.717, 1.165) is 11.3 Å². The van der Waals surface area contributed by atoms with Gasteiger partial charge in [-0.2, -0.15) is 0 Å². The minimum Gasteiger partial charge on any atom is -0.372 e. The summed E-state index contributed by atoms with van der Waals surface area (Å²) >= 11 is 0. The molecule has 0 radical (unpaired) electrons. The van der Waals surface area contributed by atoms with Crippen LogP contribution in [0.3, 0.4) is 0 Å². The first-order valence-corrected chi connectivity index (χ1v) is 8.76. The van der Waals surface area contributed by atoms with Crippen LogP contribution in [-0.4, -0.2) is 24.9 Å². The minimum absolute atomic E-state index is 0.167. The monoisotopic (exact) mass is 347 g/mol. The second-order valence-corrected chi connectivity index (χ2v) is 6.45. The van der Waals surface area contributed by atoms with Crippen LogP contribution in [0, 0.1) is 6.92 Å². The molecule has 0 aliphatic rings. The van der Waals surface area contributed by atoms with Crippen molar-refractivity contribution in [1.29, 1.82) is 0 Å². The number of hydrogen-bond acceptors (Lipinski definition) is 1. The Morgan fingerprint density at radius 2 is 1.38 bits per heavy atom. The Kier molecular flexibility index (Phi) is 8.04. The standard InChI is InChI=1S/C19H29F4N/c1-4-18(20,21)11-7-13-24(14-8-12-19(22,23)5-2)17-10-6-9-16(3)15-17/h6,9-10,15H,4-5,7-8,11-14H2,1-3H3. The van der Waals surface area contributed by atoms with E-state index in [-0.39, 0.29) is 25.7 Å². The van der Waals surface area contributed by atoms with Crippen LogP contribution in [0.15, 0.2) is 24.3 Å². The van der Waals surface area contributed by atoms with Gasteiger partial charge in [0.2, 0.25) is 11.8 Å². The largest absolute Gasteiger partial charge is 0.372 e. The second-order valence-electron chi connectivity index (χ2n) is 6.45. The molecule has 0 N–H and O–H groups in total. The molecule has 1 rings (SSSR count). The molecule has 5 heteroatoms. The van der Waals surface area contributed by atoms with Crippen molar-refractivity contribution < 1.29 is 17.6 Å². The van der Waals surface area contributed by atoms with Crippen molar-refractivity contribution in [3.63, 3.8) is 0 Å². The van der Waals surface area contributed by atoms with E-state index in [0.29, 0.717) is 25.9 Å². The molecule has 0 spiro atoms. The molecule has 0 heterocycles. The lowest BCUT2D eigenvalue weighted by Crippen LogP contribution is -2.28. The molecule has 24 heavy (non-hydrogen) atoms. The molecule has 138 valence electrons. The number of anilines is 1. The Labute approximate surface area is 143 Å². The Balaban J connectivity index is 2.66. The zero-order chi connectivity index (χ0) is 18.2. The lowest BCUT2D eigenvalue weighted by molar-refractivity contribution is -0.0132. The van der Waals surface area contributed by atoms with Crippen LogP contribution in [0.25, 0.3) is 0 Å². The lowest BCUT2D eigenvalue weighted by atomic mass is 10.1. The van der Waals surface area contributed by atoms with Gasteiger partial charge in [-0.05, 0) is 37.5 Å². The van der Waals surface area contributed by atoms with E-state index in [1.165, 1.54) is 13.8 Å². The third-order valence-corrected chi connectivity index (χ3v) is 4.34. The number of halogens is 4. The van der Waals surface area contributed by atoms with Crippen LogP contribution in [0.1, 0.15) is 57.9 Å². The molecule has 0 amide bonds. The lowest BCUT2D eigenvalue weighted by Gasteiger charge is -2.27. The summed E-state index contributed by atoms with van der Waals surface area (Å²) in [4.78, 5) is 1.95. The predicted molar refractivity (Wildman–Crippen MR) is 92.3 cm³/mol. The van der Waals surface area contributed by atoms with Gasteiger partial charge in [0.1, 0.15) is 0 Å². The molecule has 1 aromatic rings. The van der Waals surface area contributed by atoms with Crippen LogP contribution in [-0.2, 0) is 0 Å². The van der Waals surface area contributed by atoms with Crippen LogP contribution >= 0.6 is 0 Å². The second kappa shape index (κ2) is 9.28. The fourth-order valence-electron chi connectivity index (χ4n) is 2.61. The van der Waals surface area contributed by atoms with Gasteiger partial charge in [-0.15, -0.1) is 0 Å². The van der Waals surface area contributed by atoms with E-state index in [9.17, 15) is 17.6 Å². The van der Waals surface area contributed by atoms with Gasteiger partial charge in [-0.3, -0.25) is 0 Å². The van der Waals surface area contributed by atoms with Crippen LogP contribution in [0.5, 0.6) is 0 Å². The fourth-order valence-corrected chi connectivity index (χ4v) is 2.61. The first kappa shape index (κ1) is 20.8. The maximum absolute atomic E-state index is 13.4. The highest BCUT2D eigenvalue weighted by Gasteiger charge is 2.27. The molecular weight excluding hydrogens is 318 g/mol. The van der Waals surface area contributed by atoms with Gasteiger partial charge in [0.15, 0.2) is 0 Å². The number of rotatable bonds is 11. The van der Waals surface area contributed by atoms with Gasteiger partial charge in [-0.1, -0.05) is 26.0 Å². The number of aryl methyl sites for hydroxylation is 1. The van der Waals surface area contributed by atoms with Crippen molar-refractivity contribution in [2.24, 2.45) is 0 Å². The van der Waals surface area contributed by atoms with Crippen molar-refractivity contribution in [3.8, 4) is 0 Å². The van der Waals surface area contributed by atoms with E-state index in [1.54, 1.807) is 0 Å². The quantitative estimate of drug-likeness (QED) is 0.416. The van der Waals surface area contributed by atoms with Crippen LogP contribution < -0.4 is 4.90 Å². The van der Waals surface area contributed by atoms with Gasteiger partial charge in [-0.25, -0.2) is 17.6 Å². The molecular formula is C19H29F4N. The summed E-state index contributed by atoms with van der Waals surface area (Å²) in [5.41, 5.74) is 1.98. The van der Waals surface area contributed by atoms with Gasteiger partial charge in [0.05, 0.1) is 0 Å². The van der Waals surface area contributed by atoms with Gasteiger partial charge in [0, 0.05) is 44.5 Å². The smallest absolute Gasteiger partial charge is 0.248 e. The molecule has 1 aromatic carbocycles. The average Bonchev–Trinajstić information content (AvgIpc) is 2.53.